The molecule has 1 atom stereocenters. The van der Waals surface area contributed by atoms with Crippen LogP contribution < -0.4 is 5.32 Å². The topological polar surface area (TPSA) is 42.0 Å². The van der Waals surface area contributed by atoms with Gasteiger partial charge in [-0.25, -0.2) is 13.8 Å². The van der Waals surface area contributed by atoms with E-state index >= 15 is 0 Å². The highest BCUT2D eigenvalue weighted by Crippen LogP contribution is 2.27. The van der Waals surface area contributed by atoms with Crippen LogP contribution in [0.2, 0.25) is 0 Å². The average molecular weight is 314 g/mol. The number of hydrogen-bond donors (Lipinski definition) is 1. The highest BCUT2D eigenvalue weighted by Gasteiger charge is 2.17. The quantitative estimate of drug-likeness (QED) is 0.872. The van der Waals surface area contributed by atoms with E-state index in [1.807, 2.05) is 12.3 Å². The normalized spacial score (nSPS) is 12.2. The van der Waals surface area contributed by atoms with Crippen molar-refractivity contribution in [3.63, 3.8) is 0 Å². The Morgan fingerprint density at radius 3 is 2.80 bits per heavy atom. The standard InChI is InChI=1S/C13H12F2N2OS2/c1-7-6-19-13(16-7)20-8(2)12(18)17-11-4-3-9(14)5-10(11)15/h3-6,8H,1-2H3,(H,17,18)/t8-/m1/s1. The van der Waals surface area contributed by atoms with E-state index in [9.17, 15) is 13.6 Å². The summed E-state index contributed by atoms with van der Waals surface area (Å²) in [5, 5.41) is 3.91. The molecule has 106 valence electrons. The minimum absolute atomic E-state index is 0.0285. The Bertz CT molecular complexity index is 631. The first-order valence-corrected chi connectivity index (χ1v) is 7.56. The van der Waals surface area contributed by atoms with Gasteiger partial charge in [0.1, 0.15) is 11.6 Å². The minimum Gasteiger partial charge on any atom is -0.323 e. The van der Waals surface area contributed by atoms with Gasteiger partial charge in [0.15, 0.2) is 4.34 Å². The van der Waals surface area contributed by atoms with Crippen molar-refractivity contribution in [1.29, 1.82) is 0 Å². The molecule has 1 N–H and O–H groups in total. The fourth-order valence-corrected chi connectivity index (χ4v) is 3.40. The Hall–Kier alpha value is -1.47. The molecule has 0 fully saturated rings. The van der Waals surface area contributed by atoms with E-state index < -0.39 is 16.9 Å². The van der Waals surface area contributed by atoms with Gasteiger partial charge in [-0.1, -0.05) is 11.8 Å². The molecule has 0 aliphatic rings. The summed E-state index contributed by atoms with van der Waals surface area (Å²) in [5.74, 6) is -1.82. The third-order valence-corrected chi connectivity index (χ3v) is 4.62. The molecule has 0 saturated heterocycles. The largest absolute Gasteiger partial charge is 0.323 e. The van der Waals surface area contributed by atoms with Crippen LogP contribution in [0.1, 0.15) is 12.6 Å². The summed E-state index contributed by atoms with van der Waals surface area (Å²) in [6.45, 7) is 3.58. The van der Waals surface area contributed by atoms with Crippen molar-refractivity contribution in [1.82, 2.24) is 4.98 Å². The molecule has 0 spiro atoms. The summed E-state index contributed by atoms with van der Waals surface area (Å²) in [5.41, 5.74) is 0.869. The van der Waals surface area contributed by atoms with Crippen molar-refractivity contribution in [2.45, 2.75) is 23.4 Å². The Balaban J connectivity index is 2.00. The van der Waals surface area contributed by atoms with Crippen molar-refractivity contribution < 1.29 is 13.6 Å². The molecule has 0 aliphatic carbocycles. The van der Waals surface area contributed by atoms with Gasteiger partial charge in [0.05, 0.1) is 10.9 Å². The van der Waals surface area contributed by atoms with Gasteiger partial charge in [0.2, 0.25) is 5.91 Å². The fraction of sp³-hybridized carbons (Fsp3) is 0.231. The van der Waals surface area contributed by atoms with Crippen molar-refractivity contribution in [2.24, 2.45) is 0 Å². The first-order chi connectivity index (χ1) is 9.45. The van der Waals surface area contributed by atoms with Crippen molar-refractivity contribution in [3.05, 3.63) is 40.9 Å². The van der Waals surface area contributed by atoms with Crippen LogP contribution in [0.4, 0.5) is 14.5 Å². The Kier molecular flexibility index (Phi) is 4.72. The van der Waals surface area contributed by atoms with Crippen LogP contribution in [0, 0.1) is 18.6 Å². The number of nitrogens with one attached hydrogen (secondary N) is 1. The van der Waals surface area contributed by atoms with Crippen molar-refractivity contribution >= 4 is 34.7 Å². The first-order valence-electron chi connectivity index (χ1n) is 5.80. The smallest absolute Gasteiger partial charge is 0.237 e. The van der Waals surface area contributed by atoms with Gasteiger partial charge in [-0.05, 0) is 26.0 Å². The molecule has 0 bridgehead atoms. The van der Waals surface area contributed by atoms with E-state index in [2.05, 4.69) is 10.3 Å². The molecule has 2 rings (SSSR count). The summed E-state index contributed by atoms with van der Waals surface area (Å²) < 4.78 is 27.0. The monoisotopic (exact) mass is 314 g/mol. The Morgan fingerprint density at radius 1 is 1.45 bits per heavy atom. The molecule has 1 amide bonds. The molecule has 7 heteroatoms. The maximum Gasteiger partial charge on any atom is 0.237 e. The molecule has 20 heavy (non-hydrogen) atoms. The van der Waals surface area contributed by atoms with Gasteiger partial charge in [0.25, 0.3) is 0 Å². The van der Waals surface area contributed by atoms with E-state index in [4.69, 9.17) is 0 Å². The molecule has 3 nitrogen and oxygen atoms in total. The van der Waals surface area contributed by atoms with E-state index in [1.165, 1.54) is 29.2 Å². The van der Waals surface area contributed by atoms with Gasteiger partial charge < -0.3 is 5.32 Å². The highest BCUT2D eigenvalue weighted by molar-refractivity contribution is 8.02. The lowest BCUT2D eigenvalue weighted by molar-refractivity contribution is -0.115. The van der Waals surface area contributed by atoms with Gasteiger partial charge in [-0.2, -0.15) is 0 Å². The van der Waals surface area contributed by atoms with Crippen LogP contribution in [0.3, 0.4) is 0 Å². The molecule has 0 radical (unpaired) electrons. The van der Waals surface area contributed by atoms with Crippen LogP contribution >= 0.6 is 23.1 Å². The molecule has 1 aromatic carbocycles. The zero-order chi connectivity index (χ0) is 14.7. The SMILES string of the molecule is Cc1csc(S[C@H](C)C(=O)Nc2ccc(F)cc2F)n1. The number of carbonyl (C=O) groups is 1. The molecule has 2 aromatic rings. The van der Waals surface area contributed by atoms with Crippen LogP contribution in [-0.4, -0.2) is 16.1 Å². The number of anilines is 1. The summed E-state index contributed by atoms with van der Waals surface area (Å²) in [6, 6.07) is 3.03. The predicted octanol–water partition coefficient (Wildman–Crippen LogP) is 3.85. The van der Waals surface area contributed by atoms with E-state index in [0.29, 0.717) is 0 Å². The molecule has 0 saturated carbocycles. The number of aryl methyl sites for hydroxylation is 1. The van der Waals surface area contributed by atoms with Crippen LogP contribution in [0.15, 0.2) is 27.9 Å². The molecule has 0 aliphatic heterocycles. The number of thiazole rings is 1. The molecular formula is C13H12F2N2OS2. The van der Waals surface area contributed by atoms with Gasteiger partial charge in [-0.15, -0.1) is 11.3 Å². The second-order valence-corrected chi connectivity index (χ2v) is 6.57. The molecule has 0 unspecified atom stereocenters. The number of carbonyl (C=O) groups excluding carboxylic acids is 1. The lowest BCUT2D eigenvalue weighted by atomic mass is 10.3. The molecular weight excluding hydrogens is 302 g/mol. The zero-order valence-electron chi connectivity index (χ0n) is 10.8. The van der Waals surface area contributed by atoms with Crippen LogP contribution in [-0.2, 0) is 4.79 Å². The number of benzene rings is 1. The van der Waals surface area contributed by atoms with Gasteiger partial charge >= 0.3 is 0 Å². The lowest BCUT2D eigenvalue weighted by Crippen LogP contribution is -2.22. The lowest BCUT2D eigenvalue weighted by Gasteiger charge is -2.11. The Labute approximate surface area is 123 Å². The van der Waals surface area contributed by atoms with E-state index in [1.54, 1.807) is 6.92 Å². The summed E-state index contributed by atoms with van der Waals surface area (Å²) in [7, 11) is 0. The van der Waals surface area contributed by atoms with Gasteiger partial charge in [0, 0.05) is 17.1 Å². The van der Waals surface area contributed by atoms with Gasteiger partial charge in [-0.3, -0.25) is 4.79 Å². The van der Waals surface area contributed by atoms with Crippen LogP contribution in [0.5, 0.6) is 0 Å². The fourth-order valence-electron chi connectivity index (χ4n) is 1.42. The number of rotatable bonds is 4. The maximum atomic E-state index is 13.4. The second kappa shape index (κ2) is 6.32. The summed E-state index contributed by atoms with van der Waals surface area (Å²) in [6.07, 6.45) is 0. The minimum atomic E-state index is -0.791. The van der Waals surface area contributed by atoms with Crippen molar-refractivity contribution in [3.8, 4) is 0 Å². The average Bonchev–Trinajstić information content (AvgIpc) is 2.78. The number of hydrogen-bond acceptors (Lipinski definition) is 4. The number of amides is 1. The summed E-state index contributed by atoms with van der Waals surface area (Å²) in [4.78, 5) is 16.2. The van der Waals surface area contributed by atoms with Crippen LogP contribution in [0.25, 0.3) is 0 Å². The van der Waals surface area contributed by atoms with E-state index in [-0.39, 0.29) is 11.6 Å². The number of nitrogens with zero attached hydrogens (tertiary/aromatic N) is 1. The predicted molar refractivity (Wildman–Crippen MR) is 77.2 cm³/mol. The Morgan fingerprint density at radius 2 is 2.20 bits per heavy atom. The summed E-state index contributed by atoms with van der Waals surface area (Å²) >= 11 is 2.75. The molecule has 1 aromatic heterocycles. The highest BCUT2D eigenvalue weighted by atomic mass is 32.2. The molecule has 1 heterocycles. The number of aromatic nitrogens is 1. The number of halogens is 2. The number of thioether (sulfide) groups is 1. The zero-order valence-corrected chi connectivity index (χ0v) is 12.4. The third kappa shape index (κ3) is 3.77. The first kappa shape index (κ1) is 14.9. The third-order valence-electron chi connectivity index (χ3n) is 2.43. The second-order valence-electron chi connectivity index (χ2n) is 4.13. The maximum absolute atomic E-state index is 13.4. The van der Waals surface area contributed by atoms with Crippen molar-refractivity contribution in [2.75, 3.05) is 5.32 Å². The van der Waals surface area contributed by atoms with E-state index in [0.717, 1.165) is 22.2 Å².